The van der Waals surface area contributed by atoms with Crippen molar-refractivity contribution in [1.82, 2.24) is 25.0 Å². The summed E-state index contributed by atoms with van der Waals surface area (Å²) in [5.74, 6) is 3.27. The van der Waals surface area contributed by atoms with Gasteiger partial charge in [0.05, 0.1) is 0 Å². The van der Waals surface area contributed by atoms with E-state index in [1.165, 1.54) is 19.3 Å². The van der Waals surface area contributed by atoms with Crippen LogP contribution in [0.25, 0.3) is 0 Å². The van der Waals surface area contributed by atoms with Crippen LogP contribution in [0.5, 0.6) is 0 Å². The summed E-state index contributed by atoms with van der Waals surface area (Å²) in [4.78, 5) is 19.1. The molecule has 0 aromatic carbocycles. The summed E-state index contributed by atoms with van der Waals surface area (Å²) in [6, 6.07) is 0.845. The predicted octanol–water partition coefficient (Wildman–Crippen LogP) is 3.88. The number of aromatic amines is 1. The molecule has 2 N–H and O–H groups in total. The number of amides is 1. The molecular weight excluding hydrogens is 366 g/mol. The summed E-state index contributed by atoms with van der Waals surface area (Å²) >= 11 is 0. The number of likely N-dealkylation sites (tertiary alicyclic amines) is 2. The van der Waals surface area contributed by atoms with Crippen LogP contribution in [0.2, 0.25) is 0 Å². The standard InChI is InChI=1S/C22H37N5O2/c1-22(2,3)19-17(20-23-18(24-25-20)14-15-6-4-7-15)8-5-11-27(19)16-9-12-26(13-10-16)21(28)29/h15-17,19H,4-14H2,1-3H3,(H,28,29)(H,23,24,25). The van der Waals surface area contributed by atoms with E-state index < -0.39 is 6.09 Å². The lowest BCUT2D eigenvalue weighted by Gasteiger charge is -2.52. The van der Waals surface area contributed by atoms with Crippen LogP contribution in [-0.4, -0.2) is 67.9 Å². The monoisotopic (exact) mass is 403 g/mol. The number of hydrogen-bond acceptors (Lipinski definition) is 4. The van der Waals surface area contributed by atoms with Crippen molar-refractivity contribution in [1.29, 1.82) is 0 Å². The first-order valence-corrected chi connectivity index (χ1v) is 11.5. The number of nitrogens with zero attached hydrogens (tertiary/aromatic N) is 4. The number of carbonyl (C=O) groups is 1. The molecule has 3 aliphatic rings. The summed E-state index contributed by atoms with van der Waals surface area (Å²) < 4.78 is 0. The van der Waals surface area contributed by atoms with E-state index in [9.17, 15) is 9.90 Å². The molecule has 2 saturated heterocycles. The van der Waals surface area contributed by atoms with E-state index in [2.05, 4.69) is 40.9 Å². The highest BCUT2D eigenvalue weighted by molar-refractivity contribution is 5.65. The van der Waals surface area contributed by atoms with Gasteiger partial charge in [0, 0.05) is 37.5 Å². The number of aromatic nitrogens is 3. The molecule has 162 valence electrons. The third-order valence-corrected chi connectivity index (χ3v) is 7.37. The highest BCUT2D eigenvalue weighted by atomic mass is 16.4. The second-order valence-electron chi connectivity index (χ2n) is 10.5. The fourth-order valence-corrected chi connectivity index (χ4v) is 5.75. The van der Waals surface area contributed by atoms with Gasteiger partial charge >= 0.3 is 6.09 Å². The van der Waals surface area contributed by atoms with Crippen molar-refractivity contribution < 1.29 is 9.90 Å². The van der Waals surface area contributed by atoms with Crippen molar-refractivity contribution >= 4 is 6.09 Å². The number of rotatable bonds is 4. The van der Waals surface area contributed by atoms with Crippen molar-refractivity contribution in [3.05, 3.63) is 11.6 Å². The second-order valence-corrected chi connectivity index (χ2v) is 10.5. The summed E-state index contributed by atoms with van der Waals surface area (Å²) in [6.45, 7) is 9.39. The third kappa shape index (κ3) is 4.44. The van der Waals surface area contributed by atoms with Gasteiger partial charge in [-0.05, 0) is 43.6 Å². The minimum atomic E-state index is -0.784. The van der Waals surface area contributed by atoms with Crippen LogP contribution < -0.4 is 0 Å². The quantitative estimate of drug-likeness (QED) is 0.797. The Morgan fingerprint density at radius 3 is 2.38 bits per heavy atom. The van der Waals surface area contributed by atoms with E-state index in [1.54, 1.807) is 4.90 Å². The first-order valence-electron chi connectivity index (χ1n) is 11.5. The van der Waals surface area contributed by atoms with E-state index >= 15 is 0 Å². The zero-order valence-corrected chi connectivity index (χ0v) is 18.2. The van der Waals surface area contributed by atoms with Gasteiger partial charge in [-0.15, -0.1) is 10.2 Å². The largest absolute Gasteiger partial charge is 0.465 e. The van der Waals surface area contributed by atoms with Crippen LogP contribution in [-0.2, 0) is 6.42 Å². The van der Waals surface area contributed by atoms with Gasteiger partial charge in [-0.25, -0.2) is 4.79 Å². The normalized spacial score (nSPS) is 27.8. The molecule has 0 bridgehead atoms. The number of nitrogens with one attached hydrogen (secondary N) is 1. The Labute approximate surface area is 174 Å². The lowest BCUT2D eigenvalue weighted by Crippen LogP contribution is -2.57. The van der Waals surface area contributed by atoms with Gasteiger partial charge in [0.25, 0.3) is 0 Å². The Morgan fingerprint density at radius 1 is 1.07 bits per heavy atom. The predicted molar refractivity (Wildman–Crippen MR) is 112 cm³/mol. The van der Waals surface area contributed by atoms with E-state index in [0.29, 0.717) is 31.1 Å². The van der Waals surface area contributed by atoms with Gasteiger partial charge in [-0.3, -0.25) is 4.90 Å². The average Bonchev–Trinajstić information content (AvgIpc) is 3.12. The molecule has 0 spiro atoms. The molecular formula is C22H37N5O2. The molecule has 1 aliphatic carbocycles. The maximum atomic E-state index is 11.3. The van der Waals surface area contributed by atoms with E-state index in [4.69, 9.17) is 0 Å². The third-order valence-electron chi connectivity index (χ3n) is 7.37. The lowest BCUT2D eigenvalue weighted by atomic mass is 9.72. The van der Waals surface area contributed by atoms with Gasteiger partial charge in [0.15, 0.2) is 0 Å². The Morgan fingerprint density at radius 2 is 1.79 bits per heavy atom. The Hall–Kier alpha value is -1.63. The van der Waals surface area contributed by atoms with Crippen LogP contribution in [0.4, 0.5) is 4.79 Å². The maximum absolute atomic E-state index is 11.3. The van der Waals surface area contributed by atoms with E-state index in [1.807, 2.05) is 0 Å². The molecule has 4 rings (SSSR count). The average molecular weight is 404 g/mol. The van der Waals surface area contributed by atoms with Crippen molar-refractivity contribution in [2.24, 2.45) is 11.3 Å². The molecule has 7 nitrogen and oxygen atoms in total. The molecule has 2 aliphatic heterocycles. The number of piperidine rings is 2. The number of H-pyrrole nitrogens is 1. The van der Waals surface area contributed by atoms with Gasteiger partial charge in [-0.2, -0.15) is 0 Å². The molecule has 2 atom stereocenters. The molecule has 1 amide bonds. The molecule has 3 heterocycles. The van der Waals surface area contributed by atoms with Gasteiger partial charge < -0.3 is 15.0 Å². The van der Waals surface area contributed by atoms with Crippen molar-refractivity contribution in [3.8, 4) is 0 Å². The molecule has 0 radical (unpaired) electrons. The number of carboxylic acid groups (broad SMARTS) is 1. The topological polar surface area (TPSA) is 85.4 Å². The fourth-order valence-electron chi connectivity index (χ4n) is 5.75. The lowest BCUT2D eigenvalue weighted by molar-refractivity contribution is -0.0102. The van der Waals surface area contributed by atoms with Crippen LogP contribution in [0, 0.1) is 11.3 Å². The fraction of sp³-hybridized carbons (Fsp3) is 0.864. The molecule has 1 saturated carbocycles. The zero-order valence-electron chi connectivity index (χ0n) is 18.2. The minimum Gasteiger partial charge on any atom is -0.465 e. The summed E-state index contributed by atoms with van der Waals surface area (Å²) in [5, 5.41) is 18.4. The molecule has 3 fully saturated rings. The summed E-state index contributed by atoms with van der Waals surface area (Å²) in [7, 11) is 0. The van der Waals surface area contributed by atoms with Crippen LogP contribution in [0.15, 0.2) is 0 Å². The maximum Gasteiger partial charge on any atom is 0.407 e. The molecule has 1 aromatic heterocycles. The van der Waals surface area contributed by atoms with E-state index in [-0.39, 0.29) is 5.41 Å². The summed E-state index contributed by atoms with van der Waals surface area (Å²) in [5.41, 5.74) is 0.121. The minimum absolute atomic E-state index is 0.121. The van der Waals surface area contributed by atoms with Gasteiger partial charge in [0.1, 0.15) is 11.6 Å². The van der Waals surface area contributed by atoms with Crippen LogP contribution in [0.1, 0.15) is 83.3 Å². The van der Waals surface area contributed by atoms with Crippen LogP contribution in [0.3, 0.4) is 0 Å². The zero-order chi connectivity index (χ0) is 20.6. The van der Waals surface area contributed by atoms with Gasteiger partial charge in [0.2, 0.25) is 0 Å². The second kappa shape index (κ2) is 8.25. The van der Waals surface area contributed by atoms with Crippen molar-refractivity contribution in [3.63, 3.8) is 0 Å². The highest BCUT2D eigenvalue weighted by Crippen LogP contribution is 2.42. The van der Waals surface area contributed by atoms with Crippen molar-refractivity contribution in [2.45, 2.75) is 90.1 Å². The Balaban J connectivity index is 1.50. The molecule has 2 unspecified atom stereocenters. The molecule has 1 aromatic rings. The summed E-state index contributed by atoms with van der Waals surface area (Å²) in [6.07, 6.45) is 8.42. The molecule has 29 heavy (non-hydrogen) atoms. The first-order chi connectivity index (χ1) is 13.8. The van der Waals surface area contributed by atoms with Gasteiger partial charge in [-0.1, -0.05) is 40.0 Å². The Bertz CT molecular complexity index is 700. The first kappa shape index (κ1) is 20.6. The van der Waals surface area contributed by atoms with Crippen molar-refractivity contribution in [2.75, 3.05) is 19.6 Å². The highest BCUT2D eigenvalue weighted by Gasteiger charge is 2.44. The van der Waals surface area contributed by atoms with E-state index in [0.717, 1.165) is 56.2 Å². The Kier molecular flexibility index (Phi) is 5.87. The SMILES string of the molecule is CC(C)(C)C1C(c2nnc(CC3CCC3)[nH]2)CCCN1C1CCN(C(=O)O)CC1. The number of hydrogen-bond donors (Lipinski definition) is 2. The molecule has 7 heteroatoms. The van der Waals surface area contributed by atoms with Crippen LogP contribution >= 0.6 is 0 Å². The smallest absolute Gasteiger partial charge is 0.407 e.